The lowest BCUT2D eigenvalue weighted by Crippen LogP contribution is -1.79. The van der Waals surface area contributed by atoms with E-state index in [0.29, 0.717) is 6.61 Å². The molecule has 0 unspecified atom stereocenters. The van der Waals surface area contributed by atoms with Crippen molar-refractivity contribution in [1.82, 2.24) is 0 Å². The molecule has 0 amide bonds. The third-order valence-electron chi connectivity index (χ3n) is 0.303. The number of hydrogen-bond acceptors (Lipinski definition) is 2. The molecule has 1 radical (unpaired) electrons. The molecule has 2 nitrogen and oxygen atoms in total. The summed E-state index contributed by atoms with van der Waals surface area (Å²) in [5.74, 6) is 0. The molecule has 0 fully saturated rings. The van der Waals surface area contributed by atoms with E-state index >= 15 is 0 Å². The zero-order chi connectivity index (χ0) is 4.83. The second-order valence-corrected chi connectivity index (χ2v) is 0.702. The van der Waals surface area contributed by atoms with Gasteiger partial charge in [-0.25, -0.2) is 0 Å². The maximum Gasteiger partial charge on any atom is 0.183 e. The minimum Gasteiger partial charge on any atom is -0.360 e. The van der Waals surface area contributed by atoms with Gasteiger partial charge in [-0.2, -0.15) is 5.26 Å². The summed E-state index contributed by atoms with van der Waals surface area (Å²) in [7, 11) is 0. The third kappa shape index (κ3) is 3.45. The first-order valence-corrected chi connectivity index (χ1v) is 1.74. The molecule has 0 aromatic rings. The normalized spacial score (nSPS) is 7.33. The zero-order valence-corrected chi connectivity index (χ0v) is 3.64. The quantitative estimate of drug-likeness (QED) is 0.461. The molecule has 0 aliphatic heterocycles. The van der Waals surface area contributed by atoms with Crippen LogP contribution in [0.1, 0.15) is 6.92 Å². The topological polar surface area (TPSA) is 33.0 Å². The van der Waals surface area contributed by atoms with Gasteiger partial charge in [0.05, 0.1) is 6.07 Å². The first-order valence-electron chi connectivity index (χ1n) is 1.74. The molecule has 2 heteroatoms. The van der Waals surface area contributed by atoms with Gasteiger partial charge in [0.2, 0.25) is 0 Å². The van der Waals surface area contributed by atoms with Gasteiger partial charge >= 0.3 is 0 Å². The van der Waals surface area contributed by atoms with Crippen molar-refractivity contribution in [3.8, 4) is 6.07 Å². The van der Waals surface area contributed by atoms with Crippen molar-refractivity contribution < 1.29 is 4.74 Å². The van der Waals surface area contributed by atoms with E-state index in [2.05, 4.69) is 4.74 Å². The second kappa shape index (κ2) is 4.45. The molecular weight excluding hydrogens is 78.0 g/mol. The van der Waals surface area contributed by atoms with Crippen molar-refractivity contribution in [3.05, 3.63) is 6.61 Å². The van der Waals surface area contributed by atoms with Crippen molar-refractivity contribution in [1.29, 1.82) is 5.26 Å². The summed E-state index contributed by atoms with van der Waals surface area (Å²) >= 11 is 0. The summed E-state index contributed by atoms with van der Waals surface area (Å²) in [6.45, 7) is 3.52. The lowest BCUT2D eigenvalue weighted by atomic mass is 10.8. The Labute approximate surface area is 37.3 Å². The molecule has 0 saturated heterocycles. The van der Waals surface area contributed by atoms with Gasteiger partial charge in [-0.15, -0.1) is 0 Å². The van der Waals surface area contributed by atoms with E-state index in [9.17, 15) is 0 Å². The standard InChI is InChI=1S/C4H6NO/c1-2-6-4-3-5/h4H,2H2,1H3. The van der Waals surface area contributed by atoms with Crippen molar-refractivity contribution >= 4 is 0 Å². The number of nitrogens with zero attached hydrogens (tertiary/aromatic N) is 1. The molecule has 0 aromatic carbocycles. The molecule has 0 bridgehead atoms. The maximum atomic E-state index is 7.77. The molecule has 0 aliphatic rings. The fourth-order valence-corrected chi connectivity index (χ4v) is 0.121. The van der Waals surface area contributed by atoms with E-state index in [-0.39, 0.29) is 0 Å². The van der Waals surface area contributed by atoms with Crippen molar-refractivity contribution in [2.24, 2.45) is 0 Å². The Morgan fingerprint density at radius 3 is 2.83 bits per heavy atom. The summed E-state index contributed by atoms with van der Waals surface area (Å²) in [6, 6.07) is 1.72. The van der Waals surface area contributed by atoms with E-state index in [4.69, 9.17) is 5.26 Å². The van der Waals surface area contributed by atoms with Crippen LogP contribution < -0.4 is 0 Å². The van der Waals surface area contributed by atoms with Crippen LogP contribution in [0.5, 0.6) is 0 Å². The Morgan fingerprint density at radius 1 is 2.00 bits per heavy atom. The molecule has 33 valence electrons. The van der Waals surface area contributed by atoms with Crippen LogP contribution in [-0.4, -0.2) is 6.61 Å². The Kier molecular flexibility index (Phi) is 4.04. The number of nitriles is 1. The van der Waals surface area contributed by atoms with Gasteiger partial charge in [-0.1, -0.05) is 0 Å². The Hall–Kier alpha value is -0.550. The van der Waals surface area contributed by atoms with Gasteiger partial charge in [0.1, 0.15) is 0 Å². The highest BCUT2D eigenvalue weighted by atomic mass is 16.5. The van der Waals surface area contributed by atoms with Crippen LogP contribution in [0.2, 0.25) is 0 Å². The van der Waals surface area contributed by atoms with Crippen LogP contribution in [-0.2, 0) is 4.74 Å². The van der Waals surface area contributed by atoms with Crippen LogP contribution in [0.25, 0.3) is 0 Å². The number of rotatable bonds is 2. The van der Waals surface area contributed by atoms with Gasteiger partial charge in [0.15, 0.2) is 6.61 Å². The van der Waals surface area contributed by atoms with E-state index in [0.717, 1.165) is 6.61 Å². The summed E-state index contributed by atoms with van der Waals surface area (Å²) in [5.41, 5.74) is 0. The molecule has 0 aromatic heterocycles. The predicted molar refractivity (Wildman–Crippen MR) is 21.5 cm³/mol. The van der Waals surface area contributed by atoms with Gasteiger partial charge < -0.3 is 4.74 Å². The molecule has 0 saturated carbocycles. The molecule has 0 spiro atoms. The van der Waals surface area contributed by atoms with Crippen LogP contribution >= 0.6 is 0 Å². The Balaban J connectivity index is 2.54. The largest absolute Gasteiger partial charge is 0.360 e. The van der Waals surface area contributed by atoms with Gasteiger partial charge in [-0.3, -0.25) is 0 Å². The van der Waals surface area contributed by atoms with Crippen molar-refractivity contribution in [2.75, 3.05) is 6.61 Å². The van der Waals surface area contributed by atoms with E-state index in [1.54, 1.807) is 6.07 Å². The molecule has 0 aliphatic carbocycles. The summed E-state index contributed by atoms with van der Waals surface area (Å²) in [6.07, 6.45) is 0. The van der Waals surface area contributed by atoms with Crippen LogP contribution in [0.3, 0.4) is 0 Å². The highest BCUT2D eigenvalue weighted by Gasteiger charge is 1.72. The fraction of sp³-hybridized carbons (Fsp3) is 0.500. The molecule has 0 rings (SSSR count). The maximum absolute atomic E-state index is 7.77. The van der Waals surface area contributed by atoms with Gasteiger partial charge in [0.25, 0.3) is 0 Å². The number of hydrogen-bond donors (Lipinski definition) is 0. The molecule has 0 heterocycles. The predicted octanol–water partition coefficient (Wildman–Crippen LogP) is 0.708. The zero-order valence-electron chi connectivity index (χ0n) is 3.64. The average molecular weight is 84.1 g/mol. The van der Waals surface area contributed by atoms with Crippen molar-refractivity contribution in [3.63, 3.8) is 0 Å². The van der Waals surface area contributed by atoms with Crippen LogP contribution in [0, 0.1) is 17.9 Å². The molecule has 6 heavy (non-hydrogen) atoms. The van der Waals surface area contributed by atoms with Crippen molar-refractivity contribution in [2.45, 2.75) is 6.92 Å². The summed E-state index contributed by atoms with van der Waals surface area (Å²) < 4.78 is 4.50. The monoisotopic (exact) mass is 84.0 g/mol. The minimum absolute atomic E-state index is 0.577. The third-order valence-corrected chi connectivity index (χ3v) is 0.303. The SMILES string of the molecule is CCO[CH]C#N. The first kappa shape index (κ1) is 5.45. The van der Waals surface area contributed by atoms with E-state index < -0.39 is 0 Å². The smallest absolute Gasteiger partial charge is 0.183 e. The second-order valence-electron chi connectivity index (χ2n) is 0.702. The Bertz CT molecular complexity index is 55.1. The Morgan fingerprint density at radius 2 is 2.67 bits per heavy atom. The fourth-order valence-electron chi connectivity index (χ4n) is 0.121. The minimum atomic E-state index is 0.577. The highest BCUT2D eigenvalue weighted by molar-refractivity contribution is 4.80. The molecular formula is C4H6NO. The number of ether oxygens (including phenoxy) is 1. The summed E-state index contributed by atoms with van der Waals surface area (Å²) in [5, 5.41) is 7.77. The van der Waals surface area contributed by atoms with Crippen LogP contribution in [0.4, 0.5) is 0 Å². The van der Waals surface area contributed by atoms with Gasteiger partial charge in [0, 0.05) is 6.61 Å². The van der Waals surface area contributed by atoms with E-state index in [1.165, 1.54) is 0 Å². The molecule has 0 atom stereocenters. The lowest BCUT2D eigenvalue weighted by molar-refractivity contribution is 0.236. The first-order chi connectivity index (χ1) is 2.91. The average Bonchev–Trinajstić information content (AvgIpc) is 1.61. The highest BCUT2D eigenvalue weighted by Crippen LogP contribution is 1.72. The van der Waals surface area contributed by atoms with Gasteiger partial charge in [-0.05, 0) is 6.92 Å². The van der Waals surface area contributed by atoms with Crippen LogP contribution in [0.15, 0.2) is 0 Å². The lowest BCUT2D eigenvalue weighted by Gasteiger charge is -1.82. The molecule has 0 N–H and O–H groups in total. The van der Waals surface area contributed by atoms with E-state index in [1.807, 2.05) is 6.92 Å². The summed E-state index contributed by atoms with van der Waals surface area (Å²) in [4.78, 5) is 0.